The molecule has 1 fully saturated rings. The van der Waals surface area contributed by atoms with Gasteiger partial charge in [0.25, 0.3) is 0 Å². The van der Waals surface area contributed by atoms with Gasteiger partial charge in [0, 0.05) is 24.8 Å². The zero-order valence-corrected chi connectivity index (χ0v) is 12.5. The molecule has 0 spiro atoms. The highest BCUT2D eigenvalue weighted by Crippen LogP contribution is 2.26. The van der Waals surface area contributed by atoms with Crippen LogP contribution in [0.4, 0.5) is 0 Å². The van der Waals surface area contributed by atoms with E-state index in [2.05, 4.69) is 18.3 Å². The van der Waals surface area contributed by atoms with Crippen LogP contribution in [0.5, 0.6) is 11.5 Å². The second kappa shape index (κ2) is 8.12. The second-order valence-corrected chi connectivity index (χ2v) is 5.09. The van der Waals surface area contributed by atoms with Gasteiger partial charge in [-0.15, -0.1) is 0 Å². The number of rotatable bonds is 8. The van der Waals surface area contributed by atoms with Gasteiger partial charge >= 0.3 is 0 Å². The smallest absolute Gasteiger partial charge is 0.127 e. The number of hydrogen-bond acceptors (Lipinski definition) is 4. The molecule has 0 aliphatic carbocycles. The lowest BCUT2D eigenvalue weighted by molar-refractivity contribution is 0.0675. The van der Waals surface area contributed by atoms with Gasteiger partial charge in [0.15, 0.2) is 0 Å². The van der Waals surface area contributed by atoms with Gasteiger partial charge in [0.1, 0.15) is 18.1 Å². The summed E-state index contributed by atoms with van der Waals surface area (Å²) in [6.07, 6.45) is 3.46. The van der Waals surface area contributed by atoms with Crippen molar-refractivity contribution in [2.75, 3.05) is 26.9 Å². The van der Waals surface area contributed by atoms with Crippen LogP contribution in [0.25, 0.3) is 0 Å². The topological polar surface area (TPSA) is 39.7 Å². The van der Waals surface area contributed by atoms with Crippen molar-refractivity contribution in [2.24, 2.45) is 0 Å². The summed E-state index contributed by atoms with van der Waals surface area (Å²) in [5.74, 6) is 1.76. The minimum atomic E-state index is 0.234. The Kier molecular flexibility index (Phi) is 6.15. The van der Waals surface area contributed by atoms with E-state index < -0.39 is 0 Å². The molecule has 0 bridgehead atoms. The van der Waals surface area contributed by atoms with Crippen LogP contribution in [0, 0.1) is 0 Å². The highest BCUT2D eigenvalue weighted by atomic mass is 16.5. The lowest BCUT2D eigenvalue weighted by atomic mass is 10.2. The Morgan fingerprint density at radius 3 is 2.95 bits per heavy atom. The van der Waals surface area contributed by atoms with Gasteiger partial charge in [0.05, 0.1) is 12.7 Å². The molecule has 4 heteroatoms. The third-order valence-electron chi connectivity index (χ3n) is 3.33. The Bertz CT molecular complexity index is 403. The summed E-state index contributed by atoms with van der Waals surface area (Å²) in [6.45, 7) is 5.10. The number of ether oxygens (including phenoxy) is 3. The first-order valence-corrected chi connectivity index (χ1v) is 7.48. The molecule has 1 aromatic carbocycles. The van der Waals surface area contributed by atoms with E-state index in [-0.39, 0.29) is 6.10 Å². The molecular weight excluding hydrogens is 254 g/mol. The number of nitrogens with one attached hydrogen (secondary N) is 1. The fourth-order valence-electron chi connectivity index (χ4n) is 2.27. The van der Waals surface area contributed by atoms with Crippen molar-refractivity contribution in [1.82, 2.24) is 5.32 Å². The molecule has 0 aromatic heterocycles. The summed E-state index contributed by atoms with van der Waals surface area (Å²) in [7, 11) is 1.94. The first kappa shape index (κ1) is 15.1. The quantitative estimate of drug-likeness (QED) is 0.794. The minimum Gasteiger partial charge on any atom is -0.493 e. The molecular formula is C16H25NO3. The zero-order valence-electron chi connectivity index (χ0n) is 12.5. The van der Waals surface area contributed by atoms with Crippen molar-refractivity contribution in [3.05, 3.63) is 23.8 Å². The van der Waals surface area contributed by atoms with Crippen molar-refractivity contribution in [3.8, 4) is 11.5 Å². The van der Waals surface area contributed by atoms with Gasteiger partial charge in [-0.2, -0.15) is 0 Å². The molecule has 1 aliphatic rings. The predicted octanol–water partition coefficient (Wildman–Crippen LogP) is 2.75. The van der Waals surface area contributed by atoms with E-state index in [0.29, 0.717) is 6.61 Å². The lowest BCUT2D eigenvalue weighted by Crippen LogP contribution is -2.17. The van der Waals surface area contributed by atoms with Gasteiger partial charge < -0.3 is 19.5 Å². The average Bonchev–Trinajstić information content (AvgIpc) is 2.98. The first-order chi connectivity index (χ1) is 9.83. The van der Waals surface area contributed by atoms with E-state index in [9.17, 15) is 0 Å². The van der Waals surface area contributed by atoms with E-state index in [1.54, 1.807) is 0 Å². The van der Waals surface area contributed by atoms with Crippen molar-refractivity contribution >= 4 is 0 Å². The van der Waals surface area contributed by atoms with Gasteiger partial charge in [-0.05, 0) is 32.4 Å². The van der Waals surface area contributed by atoms with Crippen LogP contribution in [0.3, 0.4) is 0 Å². The lowest BCUT2D eigenvalue weighted by Gasteiger charge is -2.16. The van der Waals surface area contributed by atoms with Crippen LogP contribution >= 0.6 is 0 Å². The van der Waals surface area contributed by atoms with Crippen LogP contribution in [-0.2, 0) is 11.3 Å². The minimum absolute atomic E-state index is 0.234. The van der Waals surface area contributed by atoms with E-state index in [1.807, 2.05) is 19.2 Å². The molecule has 2 rings (SSSR count). The fraction of sp³-hybridized carbons (Fsp3) is 0.625. The normalized spacial score (nSPS) is 18.2. The Balaban J connectivity index is 2.00. The Hall–Kier alpha value is -1.26. The SMILES string of the molecule is CCCOc1ccc(CNC)c(OCC2CCCO2)c1. The van der Waals surface area contributed by atoms with Gasteiger partial charge in [-0.3, -0.25) is 0 Å². The van der Waals surface area contributed by atoms with E-state index >= 15 is 0 Å². The third kappa shape index (κ3) is 4.39. The Morgan fingerprint density at radius 1 is 1.35 bits per heavy atom. The standard InChI is InChI=1S/C16H25NO3/c1-3-8-18-14-7-6-13(11-17-2)16(10-14)20-12-15-5-4-9-19-15/h6-7,10,15,17H,3-5,8-9,11-12H2,1-2H3. The molecule has 112 valence electrons. The summed E-state index contributed by atoms with van der Waals surface area (Å²) in [5, 5.41) is 3.16. The van der Waals surface area contributed by atoms with Gasteiger partial charge in [0.2, 0.25) is 0 Å². The van der Waals surface area contributed by atoms with Crippen molar-refractivity contribution < 1.29 is 14.2 Å². The van der Waals surface area contributed by atoms with Gasteiger partial charge in [-0.1, -0.05) is 13.0 Å². The first-order valence-electron chi connectivity index (χ1n) is 7.48. The summed E-state index contributed by atoms with van der Waals surface area (Å²) in [4.78, 5) is 0. The van der Waals surface area contributed by atoms with Crippen LogP contribution < -0.4 is 14.8 Å². The molecule has 0 radical (unpaired) electrons. The molecule has 1 aliphatic heterocycles. The van der Waals surface area contributed by atoms with Crippen molar-refractivity contribution in [1.29, 1.82) is 0 Å². The van der Waals surface area contributed by atoms with Crippen LogP contribution in [0.2, 0.25) is 0 Å². The molecule has 1 aromatic rings. The molecule has 1 unspecified atom stereocenters. The molecule has 1 saturated heterocycles. The zero-order chi connectivity index (χ0) is 14.2. The molecule has 1 atom stereocenters. The maximum atomic E-state index is 5.95. The molecule has 20 heavy (non-hydrogen) atoms. The van der Waals surface area contributed by atoms with Crippen LogP contribution in [-0.4, -0.2) is 33.0 Å². The van der Waals surface area contributed by atoms with E-state index in [4.69, 9.17) is 14.2 Å². The van der Waals surface area contributed by atoms with Crippen molar-refractivity contribution in [3.63, 3.8) is 0 Å². The molecule has 1 heterocycles. The summed E-state index contributed by atoms with van der Waals surface area (Å²) in [5.41, 5.74) is 1.15. The monoisotopic (exact) mass is 279 g/mol. The van der Waals surface area contributed by atoms with Crippen molar-refractivity contribution in [2.45, 2.75) is 38.8 Å². The van der Waals surface area contributed by atoms with E-state index in [0.717, 1.165) is 56.1 Å². The molecule has 4 nitrogen and oxygen atoms in total. The molecule has 1 N–H and O–H groups in total. The van der Waals surface area contributed by atoms with Crippen LogP contribution in [0.1, 0.15) is 31.7 Å². The highest BCUT2D eigenvalue weighted by molar-refractivity contribution is 5.40. The number of hydrogen-bond donors (Lipinski definition) is 1. The summed E-state index contributed by atoms with van der Waals surface area (Å²) >= 11 is 0. The van der Waals surface area contributed by atoms with Crippen LogP contribution in [0.15, 0.2) is 18.2 Å². The summed E-state index contributed by atoms with van der Waals surface area (Å²) < 4.78 is 17.2. The molecule has 0 amide bonds. The highest BCUT2D eigenvalue weighted by Gasteiger charge is 2.17. The average molecular weight is 279 g/mol. The van der Waals surface area contributed by atoms with E-state index in [1.165, 1.54) is 0 Å². The Morgan fingerprint density at radius 2 is 2.25 bits per heavy atom. The third-order valence-corrected chi connectivity index (χ3v) is 3.33. The maximum absolute atomic E-state index is 5.95. The summed E-state index contributed by atoms with van der Waals surface area (Å²) in [6, 6.07) is 6.05. The maximum Gasteiger partial charge on any atom is 0.127 e. The second-order valence-electron chi connectivity index (χ2n) is 5.09. The number of benzene rings is 1. The fourth-order valence-corrected chi connectivity index (χ4v) is 2.27. The predicted molar refractivity (Wildman–Crippen MR) is 79.5 cm³/mol. The largest absolute Gasteiger partial charge is 0.493 e. The van der Waals surface area contributed by atoms with Gasteiger partial charge in [-0.25, -0.2) is 0 Å². The Labute approximate surface area is 121 Å². The molecule has 0 saturated carbocycles.